The van der Waals surface area contributed by atoms with Crippen LogP contribution in [0.3, 0.4) is 0 Å². The van der Waals surface area contributed by atoms with Crippen molar-refractivity contribution >= 4 is 5.91 Å². The normalized spacial score (nSPS) is 13.1. The van der Waals surface area contributed by atoms with E-state index in [1.165, 1.54) is 0 Å². The van der Waals surface area contributed by atoms with Crippen LogP contribution < -0.4 is 11.1 Å². The Morgan fingerprint density at radius 3 is 2.64 bits per heavy atom. The summed E-state index contributed by atoms with van der Waals surface area (Å²) < 4.78 is 0. The molecule has 0 radical (unpaired) electrons. The Balaban J connectivity index is 4.03. The summed E-state index contributed by atoms with van der Waals surface area (Å²) in [5.41, 5.74) is 5.07. The molecule has 0 saturated carbocycles. The first-order valence-electron chi connectivity index (χ1n) is 4.98. The van der Waals surface area contributed by atoms with Gasteiger partial charge < -0.3 is 11.1 Å². The van der Waals surface area contributed by atoms with Crippen molar-refractivity contribution < 1.29 is 4.79 Å². The van der Waals surface area contributed by atoms with Crippen LogP contribution in [0, 0.1) is 12.3 Å². The second kappa shape index (κ2) is 5.66. The molecule has 1 atom stereocenters. The number of nitrogens with two attached hydrogens (primary N) is 1. The first kappa shape index (κ1) is 13.0. The highest BCUT2D eigenvalue weighted by Crippen LogP contribution is 2.02. The van der Waals surface area contributed by atoms with Crippen LogP contribution in [0.2, 0.25) is 0 Å². The molecule has 0 aromatic carbocycles. The fraction of sp³-hybridized carbons (Fsp3) is 0.727. The molecule has 0 aromatic heterocycles. The standard InChI is InChI=1S/C11H20N2O/c1-5-7-8-9(12)10(14)13-11(3,4)6-2/h2,9H,5,7-8,12H2,1,3-4H3,(H,13,14). The fourth-order valence-electron chi connectivity index (χ4n) is 0.992. The molecule has 80 valence electrons. The van der Waals surface area contributed by atoms with E-state index in [0.29, 0.717) is 6.42 Å². The number of terminal acetylenes is 1. The van der Waals surface area contributed by atoms with Crippen LogP contribution in [0.15, 0.2) is 0 Å². The zero-order chi connectivity index (χ0) is 11.2. The van der Waals surface area contributed by atoms with Gasteiger partial charge >= 0.3 is 0 Å². The molecular formula is C11H20N2O. The van der Waals surface area contributed by atoms with E-state index in [1.54, 1.807) is 13.8 Å². The van der Waals surface area contributed by atoms with E-state index < -0.39 is 11.6 Å². The number of nitrogens with one attached hydrogen (secondary N) is 1. The zero-order valence-corrected chi connectivity index (χ0v) is 9.26. The van der Waals surface area contributed by atoms with Crippen LogP contribution in [-0.4, -0.2) is 17.5 Å². The maximum absolute atomic E-state index is 11.5. The Morgan fingerprint density at radius 2 is 2.21 bits per heavy atom. The first-order valence-corrected chi connectivity index (χ1v) is 4.98. The van der Waals surface area contributed by atoms with Crippen LogP contribution in [-0.2, 0) is 4.79 Å². The number of unbranched alkanes of at least 4 members (excludes halogenated alkanes) is 1. The Labute approximate surface area is 86.4 Å². The summed E-state index contributed by atoms with van der Waals surface area (Å²) in [5.74, 6) is 2.33. The molecule has 0 aliphatic carbocycles. The minimum Gasteiger partial charge on any atom is -0.339 e. The van der Waals surface area contributed by atoms with Crippen molar-refractivity contribution in [3.63, 3.8) is 0 Å². The fourth-order valence-corrected chi connectivity index (χ4v) is 0.992. The number of hydrogen-bond donors (Lipinski definition) is 2. The van der Waals surface area contributed by atoms with E-state index in [9.17, 15) is 4.79 Å². The molecule has 0 rings (SSSR count). The van der Waals surface area contributed by atoms with Gasteiger partial charge in [0.15, 0.2) is 0 Å². The number of rotatable bonds is 5. The summed E-state index contributed by atoms with van der Waals surface area (Å²) in [5, 5.41) is 2.71. The van der Waals surface area contributed by atoms with E-state index in [4.69, 9.17) is 12.2 Å². The van der Waals surface area contributed by atoms with Crippen molar-refractivity contribution in [3.05, 3.63) is 0 Å². The van der Waals surface area contributed by atoms with Gasteiger partial charge in [0.25, 0.3) is 0 Å². The van der Waals surface area contributed by atoms with E-state index >= 15 is 0 Å². The van der Waals surface area contributed by atoms with Crippen molar-refractivity contribution in [3.8, 4) is 12.3 Å². The highest BCUT2D eigenvalue weighted by Gasteiger charge is 2.20. The van der Waals surface area contributed by atoms with Gasteiger partial charge in [-0.2, -0.15) is 0 Å². The van der Waals surface area contributed by atoms with Crippen molar-refractivity contribution in [2.24, 2.45) is 5.73 Å². The third-order valence-corrected chi connectivity index (χ3v) is 2.00. The molecule has 0 saturated heterocycles. The highest BCUT2D eigenvalue weighted by atomic mass is 16.2. The number of carbonyl (C=O) groups excluding carboxylic acids is 1. The van der Waals surface area contributed by atoms with E-state index in [0.717, 1.165) is 12.8 Å². The number of hydrogen-bond acceptors (Lipinski definition) is 2. The van der Waals surface area contributed by atoms with Gasteiger partial charge in [0.1, 0.15) is 0 Å². The summed E-state index contributed by atoms with van der Waals surface area (Å²) in [4.78, 5) is 11.5. The summed E-state index contributed by atoms with van der Waals surface area (Å²) in [6.07, 6.45) is 7.97. The van der Waals surface area contributed by atoms with Gasteiger partial charge in [0.05, 0.1) is 11.6 Å². The maximum atomic E-state index is 11.5. The van der Waals surface area contributed by atoms with Crippen LogP contribution in [0.5, 0.6) is 0 Å². The van der Waals surface area contributed by atoms with Crippen LogP contribution >= 0.6 is 0 Å². The van der Waals surface area contributed by atoms with Gasteiger partial charge in [-0.1, -0.05) is 25.7 Å². The molecule has 0 aliphatic heterocycles. The van der Waals surface area contributed by atoms with Gasteiger partial charge in [0.2, 0.25) is 5.91 Å². The molecule has 1 amide bonds. The zero-order valence-electron chi connectivity index (χ0n) is 9.26. The van der Waals surface area contributed by atoms with Crippen LogP contribution in [0.4, 0.5) is 0 Å². The molecule has 0 aromatic rings. The molecule has 3 nitrogen and oxygen atoms in total. The molecule has 0 fully saturated rings. The lowest BCUT2D eigenvalue weighted by atomic mass is 10.0. The molecule has 14 heavy (non-hydrogen) atoms. The topological polar surface area (TPSA) is 55.1 Å². The monoisotopic (exact) mass is 196 g/mol. The van der Waals surface area contributed by atoms with Crippen LogP contribution in [0.1, 0.15) is 40.0 Å². The maximum Gasteiger partial charge on any atom is 0.238 e. The van der Waals surface area contributed by atoms with E-state index in [2.05, 4.69) is 18.2 Å². The largest absolute Gasteiger partial charge is 0.339 e. The molecule has 0 bridgehead atoms. The van der Waals surface area contributed by atoms with E-state index in [1.807, 2.05) is 0 Å². The summed E-state index contributed by atoms with van der Waals surface area (Å²) in [7, 11) is 0. The molecule has 0 aliphatic rings. The lowest BCUT2D eigenvalue weighted by molar-refractivity contribution is -0.123. The molecule has 0 heterocycles. The van der Waals surface area contributed by atoms with Crippen molar-refractivity contribution in [1.29, 1.82) is 0 Å². The van der Waals surface area contributed by atoms with Crippen LogP contribution in [0.25, 0.3) is 0 Å². The number of carbonyl (C=O) groups is 1. The predicted molar refractivity (Wildman–Crippen MR) is 58.6 cm³/mol. The summed E-state index contributed by atoms with van der Waals surface area (Å²) in [6.45, 7) is 5.62. The highest BCUT2D eigenvalue weighted by molar-refractivity contribution is 5.82. The minimum absolute atomic E-state index is 0.165. The average Bonchev–Trinajstić information content (AvgIpc) is 2.13. The quantitative estimate of drug-likeness (QED) is 0.645. The lowest BCUT2D eigenvalue weighted by Gasteiger charge is -2.22. The van der Waals surface area contributed by atoms with Crippen molar-refractivity contribution in [2.75, 3.05) is 0 Å². The third-order valence-electron chi connectivity index (χ3n) is 2.00. The Hall–Kier alpha value is -1.01. The average molecular weight is 196 g/mol. The Kier molecular flexibility index (Phi) is 5.26. The van der Waals surface area contributed by atoms with Gasteiger partial charge in [0, 0.05) is 0 Å². The lowest BCUT2D eigenvalue weighted by Crippen LogP contribution is -2.49. The third kappa shape index (κ3) is 4.88. The minimum atomic E-state index is -0.610. The molecule has 0 spiro atoms. The van der Waals surface area contributed by atoms with Gasteiger partial charge in [-0.25, -0.2) is 0 Å². The van der Waals surface area contributed by atoms with Gasteiger partial charge in [-0.3, -0.25) is 4.79 Å². The molecular weight excluding hydrogens is 176 g/mol. The summed E-state index contributed by atoms with van der Waals surface area (Å²) in [6, 6.07) is -0.442. The second-order valence-electron chi connectivity index (χ2n) is 4.01. The SMILES string of the molecule is C#CC(C)(C)NC(=O)C(N)CCCC. The molecule has 1 unspecified atom stereocenters. The van der Waals surface area contributed by atoms with E-state index in [-0.39, 0.29) is 5.91 Å². The molecule has 3 N–H and O–H groups in total. The van der Waals surface area contributed by atoms with Gasteiger partial charge in [-0.05, 0) is 20.3 Å². The summed E-state index contributed by atoms with van der Waals surface area (Å²) >= 11 is 0. The van der Waals surface area contributed by atoms with Crippen molar-refractivity contribution in [2.45, 2.75) is 51.6 Å². The first-order chi connectivity index (χ1) is 6.43. The second-order valence-corrected chi connectivity index (χ2v) is 4.01. The predicted octanol–water partition coefficient (Wildman–Crippen LogP) is 1.03. The van der Waals surface area contributed by atoms with Crippen molar-refractivity contribution in [1.82, 2.24) is 5.32 Å². The smallest absolute Gasteiger partial charge is 0.238 e. The Morgan fingerprint density at radius 1 is 1.64 bits per heavy atom. The van der Waals surface area contributed by atoms with Gasteiger partial charge in [-0.15, -0.1) is 6.42 Å². The Bertz CT molecular complexity index is 228. The molecule has 3 heteroatoms. The number of amides is 1.